The standard InChI is InChI=1S/C12H25N3O2S/c1-18(16,17)15-10-8-14(9-11-15)7-4-12-2-5-13-6-3-12/h12-13H,2-11H2,1H3. The van der Waals surface area contributed by atoms with Gasteiger partial charge in [0.1, 0.15) is 0 Å². The van der Waals surface area contributed by atoms with Crippen LogP contribution in [0.3, 0.4) is 0 Å². The van der Waals surface area contributed by atoms with E-state index in [0.717, 1.165) is 38.6 Å². The summed E-state index contributed by atoms with van der Waals surface area (Å²) in [5, 5.41) is 3.39. The first kappa shape index (κ1) is 14.2. The summed E-state index contributed by atoms with van der Waals surface area (Å²) in [6.07, 6.45) is 5.16. The van der Waals surface area contributed by atoms with Gasteiger partial charge in [-0.25, -0.2) is 8.42 Å². The smallest absolute Gasteiger partial charge is 0.211 e. The van der Waals surface area contributed by atoms with Crippen LogP contribution in [0, 0.1) is 5.92 Å². The highest BCUT2D eigenvalue weighted by atomic mass is 32.2. The summed E-state index contributed by atoms with van der Waals surface area (Å²) in [7, 11) is -2.99. The van der Waals surface area contributed by atoms with E-state index in [1.807, 2.05) is 0 Å². The molecule has 106 valence electrons. The third-order valence-electron chi connectivity index (χ3n) is 4.11. The van der Waals surface area contributed by atoms with Gasteiger partial charge in [0.05, 0.1) is 6.26 Å². The highest BCUT2D eigenvalue weighted by Gasteiger charge is 2.23. The van der Waals surface area contributed by atoms with Crippen LogP contribution in [-0.2, 0) is 10.0 Å². The molecule has 0 aromatic carbocycles. The van der Waals surface area contributed by atoms with Gasteiger partial charge in [-0.1, -0.05) is 0 Å². The average Bonchev–Trinajstić information content (AvgIpc) is 2.37. The number of piperidine rings is 1. The number of nitrogens with one attached hydrogen (secondary N) is 1. The second-order valence-corrected chi connectivity index (χ2v) is 7.47. The van der Waals surface area contributed by atoms with Gasteiger partial charge in [0.2, 0.25) is 10.0 Å². The van der Waals surface area contributed by atoms with E-state index in [1.165, 1.54) is 25.5 Å². The molecule has 18 heavy (non-hydrogen) atoms. The van der Waals surface area contributed by atoms with E-state index in [1.54, 1.807) is 4.31 Å². The Morgan fingerprint density at radius 2 is 1.72 bits per heavy atom. The van der Waals surface area contributed by atoms with Gasteiger partial charge in [-0.2, -0.15) is 4.31 Å². The zero-order valence-electron chi connectivity index (χ0n) is 11.3. The fourth-order valence-electron chi connectivity index (χ4n) is 2.82. The molecule has 0 aromatic heterocycles. The number of sulfonamides is 1. The Hall–Kier alpha value is -0.170. The van der Waals surface area contributed by atoms with E-state index in [2.05, 4.69) is 10.2 Å². The minimum absolute atomic E-state index is 0.658. The van der Waals surface area contributed by atoms with Crippen LogP contribution < -0.4 is 5.32 Å². The van der Waals surface area contributed by atoms with Crippen molar-refractivity contribution in [1.82, 2.24) is 14.5 Å². The topological polar surface area (TPSA) is 52.7 Å². The predicted octanol–water partition coefficient (Wildman–Crippen LogP) is -0.0467. The zero-order chi connectivity index (χ0) is 13.0. The van der Waals surface area contributed by atoms with Crippen LogP contribution in [-0.4, -0.2) is 69.7 Å². The van der Waals surface area contributed by atoms with Crippen molar-refractivity contribution in [3.05, 3.63) is 0 Å². The summed E-state index contributed by atoms with van der Waals surface area (Å²) in [6.45, 7) is 6.54. The quantitative estimate of drug-likeness (QED) is 0.782. The zero-order valence-corrected chi connectivity index (χ0v) is 12.1. The van der Waals surface area contributed by atoms with Crippen molar-refractivity contribution in [3.63, 3.8) is 0 Å². The Labute approximate surface area is 111 Å². The Morgan fingerprint density at radius 1 is 1.11 bits per heavy atom. The first-order valence-electron chi connectivity index (χ1n) is 6.94. The first-order chi connectivity index (χ1) is 8.55. The molecule has 2 aliphatic heterocycles. The summed E-state index contributed by atoms with van der Waals surface area (Å²) in [4.78, 5) is 2.41. The second kappa shape index (κ2) is 6.32. The molecule has 0 aromatic rings. The van der Waals surface area contributed by atoms with Crippen molar-refractivity contribution in [1.29, 1.82) is 0 Å². The molecule has 2 aliphatic rings. The fourth-order valence-corrected chi connectivity index (χ4v) is 3.65. The molecule has 0 unspecified atom stereocenters. The molecule has 0 radical (unpaired) electrons. The lowest BCUT2D eigenvalue weighted by molar-refractivity contribution is 0.173. The van der Waals surface area contributed by atoms with Crippen molar-refractivity contribution in [2.75, 3.05) is 52.1 Å². The van der Waals surface area contributed by atoms with E-state index in [-0.39, 0.29) is 0 Å². The lowest BCUT2D eigenvalue weighted by Gasteiger charge is -2.34. The number of nitrogens with zero attached hydrogens (tertiary/aromatic N) is 2. The van der Waals surface area contributed by atoms with Gasteiger partial charge in [0.25, 0.3) is 0 Å². The molecule has 2 heterocycles. The molecule has 0 atom stereocenters. The third kappa shape index (κ3) is 4.19. The summed E-state index contributed by atoms with van der Waals surface area (Å²) < 4.78 is 24.4. The maximum absolute atomic E-state index is 11.4. The van der Waals surface area contributed by atoms with Gasteiger partial charge >= 0.3 is 0 Å². The maximum atomic E-state index is 11.4. The molecule has 0 aliphatic carbocycles. The van der Waals surface area contributed by atoms with Crippen LogP contribution in [0.4, 0.5) is 0 Å². The number of piperazine rings is 1. The molecule has 0 bridgehead atoms. The molecule has 5 nitrogen and oxygen atoms in total. The highest BCUT2D eigenvalue weighted by Crippen LogP contribution is 2.17. The van der Waals surface area contributed by atoms with Crippen molar-refractivity contribution in [3.8, 4) is 0 Å². The minimum Gasteiger partial charge on any atom is -0.317 e. The van der Waals surface area contributed by atoms with E-state index < -0.39 is 10.0 Å². The normalized spacial score (nSPS) is 25.4. The van der Waals surface area contributed by atoms with E-state index in [4.69, 9.17) is 0 Å². The number of hydrogen-bond acceptors (Lipinski definition) is 4. The molecule has 2 saturated heterocycles. The van der Waals surface area contributed by atoms with Gasteiger partial charge in [-0.15, -0.1) is 0 Å². The lowest BCUT2D eigenvalue weighted by Crippen LogP contribution is -2.48. The molecule has 0 saturated carbocycles. The Morgan fingerprint density at radius 3 is 2.28 bits per heavy atom. The summed E-state index contributed by atoms with van der Waals surface area (Å²) in [5.74, 6) is 0.860. The largest absolute Gasteiger partial charge is 0.317 e. The van der Waals surface area contributed by atoms with Crippen molar-refractivity contribution < 1.29 is 8.42 Å². The van der Waals surface area contributed by atoms with Crippen LogP contribution in [0.25, 0.3) is 0 Å². The summed E-state index contributed by atoms with van der Waals surface area (Å²) in [6, 6.07) is 0. The van der Waals surface area contributed by atoms with Crippen molar-refractivity contribution in [2.24, 2.45) is 5.92 Å². The van der Waals surface area contributed by atoms with Crippen LogP contribution >= 0.6 is 0 Å². The third-order valence-corrected chi connectivity index (χ3v) is 5.42. The number of rotatable bonds is 4. The molecule has 0 spiro atoms. The van der Waals surface area contributed by atoms with Crippen molar-refractivity contribution >= 4 is 10.0 Å². The van der Waals surface area contributed by atoms with Crippen LogP contribution in [0.5, 0.6) is 0 Å². The Kier molecular flexibility index (Phi) is 5.00. The molecule has 2 fully saturated rings. The summed E-state index contributed by atoms with van der Waals surface area (Å²) >= 11 is 0. The Balaban J connectivity index is 1.67. The molecular weight excluding hydrogens is 250 g/mol. The van der Waals surface area contributed by atoms with Gasteiger partial charge < -0.3 is 10.2 Å². The average molecular weight is 275 g/mol. The van der Waals surface area contributed by atoms with Crippen LogP contribution in [0.1, 0.15) is 19.3 Å². The fraction of sp³-hybridized carbons (Fsp3) is 1.00. The maximum Gasteiger partial charge on any atom is 0.211 e. The Bertz CT molecular complexity index is 344. The SMILES string of the molecule is CS(=O)(=O)N1CCN(CCC2CCNCC2)CC1. The molecule has 6 heteroatoms. The predicted molar refractivity (Wildman–Crippen MR) is 73.1 cm³/mol. The van der Waals surface area contributed by atoms with Gasteiger partial charge in [0, 0.05) is 26.2 Å². The lowest BCUT2D eigenvalue weighted by atomic mass is 9.94. The monoisotopic (exact) mass is 275 g/mol. The molecular formula is C12H25N3O2S. The van der Waals surface area contributed by atoms with Gasteiger partial charge in [0.15, 0.2) is 0 Å². The molecule has 1 N–H and O–H groups in total. The van der Waals surface area contributed by atoms with Gasteiger partial charge in [-0.3, -0.25) is 0 Å². The van der Waals surface area contributed by atoms with Crippen LogP contribution in [0.2, 0.25) is 0 Å². The second-order valence-electron chi connectivity index (χ2n) is 5.49. The highest BCUT2D eigenvalue weighted by molar-refractivity contribution is 7.88. The van der Waals surface area contributed by atoms with E-state index in [0.29, 0.717) is 13.1 Å². The minimum atomic E-state index is -2.99. The first-order valence-corrected chi connectivity index (χ1v) is 8.79. The number of hydrogen-bond donors (Lipinski definition) is 1. The van der Waals surface area contributed by atoms with Crippen LogP contribution in [0.15, 0.2) is 0 Å². The van der Waals surface area contributed by atoms with E-state index >= 15 is 0 Å². The summed E-state index contributed by atoms with van der Waals surface area (Å²) in [5.41, 5.74) is 0. The molecule has 2 rings (SSSR count). The molecule has 0 amide bonds. The van der Waals surface area contributed by atoms with E-state index in [9.17, 15) is 8.42 Å². The van der Waals surface area contributed by atoms with Crippen molar-refractivity contribution in [2.45, 2.75) is 19.3 Å². The van der Waals surface area contributed by atoms with Gasteiger partial charge in [-0.05, 0) is 44.8 Å².